The Morgan fingerprint density at radius 1 is 1.00 bits per heavy atom. The molecule has 0 heteroatoms. The van der Waals surface area contributed by atoms with Gasteiger partial charge in [0.05, 0.1) is 0 Å². The van der Waals surface area contributed by atoms with Crippen molar-refractivity contribution in [3.63, 3.8) is 0 Å². The van der Waals surface area contributed by atoms with Crippen molar-refractivity contribution in [3.8, 4) is 0 Å². The quantitative estimate of drug-likeness (QED) is 0.574. The van der Waals surface area contributed by atoms with Crippen molar-refractivity contribution in [2.75, 3.05) is 0 Å². The van der Waals surface area contributed by atoms with Crippen LogP contribution in [0.4, 0.5) is 0 Å². The maximum atomic E-state index is 2.40. The molecule has 2 atom stereocenters. The first kappa shape index (κ1) is 9.76. The van der Waals surface area contributed by atoms with Crippen molar-refractivity contribution in [1.29, 1.82) is 0 Å². The molecule has 0 spiro atoms. The van der Waals surface area contributed by atoms with Gasteiger partial charge in [0, 0.05) is 0 Å². The lowest BCUT2D eigenvalue weighted by Crippen LogP contribution is -2.01. The third-order valence-electron chi connectivity index (χ3n) is 3.46. The van der Waals surface area contributed by atoms with Crippen LogP contribution in [0, 0.1) is 5.92 Å². The van der Waals surface area contributed by atoms with Gasteiger partial charge >= 0.3 is 0 Å². The second kappa shape index (κ2) is 4.63. The van der Waals surface area contributed by atoms with Gasteiger partial charge in [-0.2, -0.15) is 0 Å². The predicted octanol–water partition coefficient (Wildman–Crippen LogP) is 4.37. The molecule has 0 amide bonds. The summed E-state index contributed by atoms with van der Waals surface area (Å²) in [5.74, 6) is 1.75. The standard InChI is InChI=1S/C14H20/c1-12-7-5-6-10-14(11-12)13-8-3-2-4-9-13/h2-4,8-9,12,14H,5-7,10-11H2,1H3. The number of hydrogen-bond acceptors (Lipinski definition) is 0. The van der Waals surface area contributed by atoms with Crippen LogP contribution in [-0.2, 0) is 0 Å². The van der Waals surface area contributed by atoms with Crippen LogP contribution in [0.15, 0.2) is 30.3 Å². The van der Waals surface area contributed by atoms with Gasteiger partial charge in [0.25, 0.3) is 0 Å². The summed E-state index contributed by atoms with van der Waals surface area (Å²) in [5.41, 5.74) is 1.56. The van der Waals surface area contributed by atoms with E-state index in [-0.39, 0.29) is 0 Å². The lowest BCUT2D eigenvalue weighted by atomic mass is 9.88. The van der Waals surface area contributed by atoms with E-state index in [1.165, 1.54) is 32.1 Å². The van der Waals surface area contributed by atoms with Crippen LogP contribution in [-0.4, -0.2) is 0 Å². The van der Waals surface area contributed by atoms with Gasteiger partial charge in [0.15, 0.2) is 0 Å². The van der Waals surface area contributed by atoms with Gasteiger partial charge in [-0.25, -0.2) is 0 Å². The normalized spacial score (nSPS) is 28.4. The number of hydrogen-bond donors (Lipinski definition) is 0. The molecular weight excluding hydrogens is 168 g/mol. The smallest absolute Gasteiger partial charge is 0.0159 e. The average molecular weight is 188 g/mol. The fraction of sp³-hybridized carbons (Fsp3) is 0.571. The molecule has 0 aromatic heterocycles. The Labute approximate surface area is 87.3 Å². The van der Waals surface area contributed by atoms with Crippen molar-refractivity contribution in [1.82, 2.24) is 0 Å². The van der Waals surface area contributed by atoms with Gasteiger partial charge in [-0.1, -0.05) is 56.5 Å². The Balaban J connectivity index is 2.09. The van der Waals surface area contributed by atoms with Gasteiger partial charge in [0.1, 0.15) is 0 Å². The minimum Gasteiger partial charge on any atom is -0.0625 e. The van der Waals surface area contributed by atoms with Crippen LogP contribution >= 0.6 is 0 Å². The molecule has 14 heavy (non-hydrogen) atoms. The van der Waals surface area contributed by atoms with Crippen molar-refractivity contribution < 1.29 is 0 Å². The van der Waals surface area contributed by atoms with Crippen LogP contribution < -0.4 is 0 Å². The summed E-state index contributed by atoms with van der Waals surface area (Å²) in [6.45, 7) is 2.40. The second-order valence-electron chi connectivity index (χ2n) is 4.73. The van der Waals surface area contributed by atoms with E-state index in [1.807, 2.05) is 0 Å². The molecule has 1 saturated carbocycles. The van der Waals surface area contributed by atoms with Gasteiger partial charge in [-0.3, -0.25) is 0 Å². The summed E-state index contributed by atoms with van der Waals surface area (Å²) in [4.78, 5) is 0. The molecule has 0 nitrogen and oxygen atoms in total. The molecule has 76 valence electrons. The topological polar surface area (TPSA) is 0 Å². The zero-order chi connectivity index (χ0) is 9.80. The number of benzene rings is 1. The molecular formula is C14H20. The largest absolute Gasteiger partial charge is 0.0625 e. The highest BCUT2D eigenvalue weighted by molar-refractivity contribution is 5.19. The zero-order valence-corrected chi connectivity index (χ0v) is 9.08. The highest BCUT2D eigenvalue weighted by atomic mass is 14.2. The first-order chi connectivity index (χ1) is 6.86. The third kappa shape index (κ3) is 2.37. The lowest BCUT2D eigenvalue weighted by molar-refractivity contribution is 0.471. The molecule has 0 heterocycles. The van der Waals surface area contributed by atoms with E-state index < -0.39 is 0 Å². The summed E-state index contributed by atoms with van der Waals surface area (Å²) < 4.78 is 0. The molecule has 2 unspecified atom stereocenters. The van der Waals surface area contributed by atoms with Gasteiger partial charge in [0.2, 0.25) is 0 Å². The first-order valence-corrected chi connectivity index (χ1v) is 5.91. The Kier molecular flexibility index (Phi) is 3.23. The molecule has 0 radical (unpaired) electrons. The Morgan fingerprint density at radius 2 is 1.71 bits per heavy atom. The molecule has 1 aliphatic rings. The van der Waals surface area contributed by atoms with Gasteiger partial charge < -0.3 is 0 Å². The predicted molar refractivity (Wildman–Crippen MR) is 61.4 cm³/mol. The highest BCUT2D eigenvalue weighted by Gasteiger charge is 2.18. The van der Waals surface area contributed by atoms with Crippen LogP contribution in [0.3, 0.4) is 0 Å². The maximum absolute atomic E-state index is 2.40. The second-order valence-corrected chi connectivity index (χ2v) is 4.73. The van der Waals surface area contributed by atoms with Crippen LogP contribution in [0.2, 0.25) is 0 Å². The fourth-order valence-corrected chi connectivity index (χ4v) is 2.63. The van der Waals surface area contributed by atoms with Gasteiger partial charge in [-0.15, -0.1) is 0 Å². The molecule has 1 aromatic rings. The molecule has 1 aliphatic carbocycles. The van der Waals surface area contributed by atoms with E-state index in [9.17, 15) is 0 Å². The van der Waals surface area contributed by atoms with Crippen molar-refractivity contribution in [3.05, 3.63) is 35.9 Å². The first-order valence-electron chi connectivity index (χ1n) is 5.91. The van der Waals surface area contributed by atoms with E-state index in [4.69, 9.17) is 0 Å². The van der Waals surface area contributed by atoms with E-state index in [1.54, 1.807) is 5.56 Å². The summed E-state index contributed by atoms with van der Waals surface area (Å²) in [5, 5.41) is 0. The van der Waals surface area contributed by atoms with Crippen molar-refractivity contribution in [2.45, 2.75) is 44.9 Å². The average Bonchev–Trinajstić information content (AvgIpc) is 2.44. The van der Waals surface area contributed by atoms with Crippen LogP contribution in [0.25, 0.3) is 0 Å². The molecule has 0 N–H and O–H groups in total. The van der Waals surface area contributed by atoms with E-state index in [0.29, 0.717) is 0 Å². The van der Waals surface area contributed by atoms with E-state index in [2.05, 4.69) is 37.3 Å². The summed E-state index contributed by atoms with van der Waals surface area (Å²) >= 11 is 0. The SMILES string of the molecule is CC1CCCCC(c2ccccc2)C1. The summed E-state index contributed by atoms with van der Waals surface area (Å²) in [6, 6.07) is 11.0. The monoisotopic (exact) mass is 188 g/mol. The Morgan fingerprint density at radius 3 is 2.50 bits per heavy atom. The van der Waals surface area contributed by atoms with Crippen LogP contribution in [0.1, 0.15) is 50.5 Å². The van der Waals surface area contributed by atoms with Crippen molar-refractivity contribution in [2.24, 2.45) is 5.92 Å². The maximum Gasteiger partial charge on any atom is -0.0159 e. The molecule has 0 saturated heterocycles. The Bertz CT molecular complexity index is 263. The van der Waals surface area contributed by atoms with E-state index in [0.717, 1.165) is 11.8 Å². The van der Waals surface area contributed by atoms with Gasteiger partial charge in [-0.05, 0) is 30.2 Å². The third-order valence-corrected chi connectivity index (χ3v) is 3.46. The minimum absolute atomic E-state index is 0.827. The van der Waals surface area contributed by atoms with Crippen LogP contribution in [0.5, 0.6) is 0 Å². The zero-order valence-electron chi connectivity index (χ0n) is 9.08. The number of rotatable bonds is 1. The molecule has 0 aliphatic heterocycles. The minimum atomic E-state index is 0.827. The molecule has 0 bridgehead atoms. The summed E-state index contributed by atoms with van der Waals surface area (Å²) in [7, 11) is 0. The molecule has 1 aromatic carbocycles. The van der Waals surface area contributed by atoms with Crippen molar-refractivity contribution >= 4 is 0 Å². The fourth-order valence-electron chi connectivity index (χ4n) is 2.63. The molecule has 1 fully saturated rings. The molecule has 2 rings (SSSR count). The Hall–Kier alpha value is -0.780. The van der Waals surface area contributed by atoms with E-state index >= 15 is 0 Å². The highest BCUT2D eigenvalue weighted by Crippen LogP contribution is 2.34. The lowest BCUT2D eigenvalue weighted by Gasteiger charge is -2.17. The summed E-state index contributed by atoms with van der Waals surface area (Å²) in [6.07, 6.45) is 7.08.